The van der Waals surface area contributed by atoms with Crippen LogP contribution in [0.15, 0.2) is 150 Å². The number of hydrogen-bond donors (Lipinski definition) is 3. The Morgan fingerprint density at radius 3 is 1.83 bits per heavy atom. The maximum Gasteiger partial charge on any atom is 0.416 e. The quantitative estimate of drug-likeness (QED) is 0.149. The molecule has 6 aromatic rings. The van der Waals surface area contributed by atoms with Crippen LogP contribution in [0.2, 0.25) is 0 Å². The van der Waals surface area contributed by atoms with E-state index in [0.717, 1.165) is 22.6 Å². The van der Waals surface area contributed by atoms with Crippen LogP contribution < -0.4 is 9.46 Å². The molecule has 0 heterocycles. The van der Waals surface area contributed by atoms with Crippen LogP contribution in [0.25, 0.3) is 10.8 Å². The van der Waals surface area contributed by atoms with Gasteiger partial charge in [-0.15, -0.1) is 0 Å². The first-order chi connectivity index (χ1) is 22.9. The van der Waals surface area contributed by atoms with Gasteiger partial charge in [0.15, 0.2) is 5.75 Å². The largest absolute Gasteiger partial charge is 0.478 e. The maximum absolute atomic E-state index is 13.3. The molecule has 0 aromatic heterocycles. The minimum Gasteiger partial charge on any atom is -0.478 e. The van der Waals surface area contributed by atoms with Crippen molar-refractivity contribution in [2.45, 2.75) is 17.2 Å². The lowest BCUT2D eigenvalue weighted by Gasteiger charge is -2.17. The first-order valence-electron chi connectivity index (χ1n) is 14.4. The minimum atomic E-state index is -4.75. The van der Waals surface area contributed by atoms with Gasteiger partial charge in [-0.2, -0.15) is 13.2 Å². The summed E-state index contributed by atoms with van der Waals surface area (Å²) >= 11 is 0. The number of sulfonamides is 1. The Morgan fingerprint density at radius 2 is 1.23 bits per heavy atom. The third kappa shape index (κ3) is 8.19. The van der Waals surface area contributed by atoms with E-state index in [-0.39, 0.29) is 22.0 Å². The lowest BCUT2D eigenvalue weighted by atomic mass is 10.0. The molecular weight excluding hydrogens is 643 g/mol. The van der Waals surface area contributed by atoms with Gasteiger partial charge in [0.1, 0.15) is 17.4 Å². The summed E-state index contributed by atoms with van der Waals surface area (Å²) in [6.45, 7) is 0. The van der Waals surface area contributed by atoms with Crippen LogP contribution in [0.3, 0.4) is 0 Å². The average Bonchev–Trinajstić information content (AvgIpc) is 3.09. The first kappa shape index (κ1) is 33.7. The van der Waals surface area contributed by atoms with E-state index < -0.39 is 39.5 Å². The van der Waals surface area contributed by atoms with Crippen molar-refractivity contribution < 1.29 is 41.3 Å². The molecule has 7 nitrogen and oxygen atoms in total. The van der Waals surface area contributed by atoms with Crippen molar-refractivity contribution in [2.24, 2.45) is 0 Å². The molecule has 0 bridgehead atoms. The predicted molar refractivity (Wildman–Crippen MR) is 177 cm³/mol. The third-order valence-corrected chi connectivity index (χ3v) is 8.51. The summed E-state index contributed by atoms with van der Waals surface area (Å²) in [5.41, 5.74) is 0.00823. The zero-order valence-corrected chi connectivity index (χ0v) is 25.8. The number of ether oxygens (including phenoxy) is 1. The number of alkyl halides is 3. The minimum absolute atomic E-state index is 0.166. The van der Waals surface area contributed by atoms with Gasteiger partial charge in [0.2, 0.25) is 0 Å². The molecule has 0 saturated carbocycles. The van der Waals surface area contributed by atoms with Gasteiger partial charge < -0.3 is 14.9 Å². The normalized spacial score (nSPS) is 11.4. The lowest BCUT2D eigenvalue weighted by Crippen LogP contribution is -2.15. The molecule has 0 aliphatic carbocycles. The Bertz CT molecular complexity index is 2100. The Balaban J connectivity index is 0.000000267. The highest BCUT2D eigenvalue weighted by atomic mass is 32.2. The van der Waals surface area contributed by atoms with Crippen molar-refractivity contribution in [3.63, 3.8) is 0 Å². The monoisotopic (exact) mass is 671 g/mol. The number of carboxylic acid groups (broad SMARTS) is 1. The van der Waals surface area contributed by atoms with E-state index in [1.54, 1.807) is 30.3 Å². The van der Waals surface area contributed by atoms with E-state index >= 15 is 0 Å². The Morgan fingerprint density at radius 1 is 0.667 bits per heavy atom. The molecule has 0 amide bonds. The smallest absolute Gasteiger partial charge is 0.416 e. The van der Waals surface area contributed by atoms with Gasteiger partial charge in [-0.1, -0.05) is 103 Å². The van der Waals surface area contributed by atoms with Gasteiger partial charge in [0.25, 0.3) is 10.0 Å². The standard InChI is InChI=1S/C24H16F3NO5S.C13H12O/c25-24(26,27)17-10-12-22(33-21-8-4-3-7-19(21)23(29)30)20(14-17)28-34(31,32)18-11-9-15-5-1-2-6-16(15)13-18;14-13(11-7-3-1-4-8-11)12-9-5-2-6-10-12/h1-14,28H,(H,29,30);1-10,13-14H. The molecule has 0 aliphatic rings. The number of halogens is 3. The molecule has 0 fully saturated rings. The van der Waals surface area contributed by atoms with Gasteiger partial charge in [-0.25, -0.2) is 13.2 Å². The number of para-hydroxylation sites is 1. The number of aromatic carboxylic acids is 1. The maximum atomic E-state index is 13.3. The topological polar surface area (TPSA) is 113 Å². The van der Waals surface area contributed by atoms with Crippen LogP contribution in [-0.4, -0.2) is 24.6 Å². The summed E-state index contributed by atoms with van der Waals surface area (Å²) in [5.74, 6) is -1.78. The molecule has 0 saturated heterocycles. The van der Waals surface area contributed by atoms with Crippen LogP contribution in [-0.2, 0) is 16.2 Å². The molecule has 48 heavy (non-hydrogen) atoms. The van der Waals surface area contributed by atoms with Crippen LogP contribution in [0.5, 0.6) is 11.5 Å². The third-order valence-electron chi connectivity index (χ3n) is 7.15. The second-order valence-corrected chi connectivity index (χ2v) is 12.1. The van der Waals surface area contributed by atoms with E-state index in [1.165, 1.54) is 36.4 Å². The molecule has 0 atom stereocenters. The van der Waals surface area contributed by atoms with Crippen LogP contribution >= 0.6 is 0 Å². The number of carbonyl (C=O) groups is 1. The van der Waals surface area contributed by atoms with E-state index in [2.05, 4.69) is 4.72 Å². The molecule has 11 heteroatoms. The van der Waals surface area contributed by atoms with Crippen molar-refractivity contribution in [1.82, 2.24) is 0 Å². The summed E-state index contributed by atoms with van der Waals surface area (Å²) in [6, 6.07) is 38.4. The number of aliphatic hydroxyl groups excluding tert-OH is 1. The summed E-state index contributed by atoms with van der Waals surface area (Å²) in [7, 11) is -4.32. The Kier molecular flexibility index (Phi) is 10.1. The number of nitrogens with one attached hydrogen (secondary N) is 1. The highest BCUT2D eigenvalue weighted by molar-refractivity contribution is 7.92. The number of carboxylic acids is 1. The van der Waals surface area contributed by atoms with Gasteiger partial charge in [0.05, 0.1) is 16.1 Å². The van der Waals surface area contributed by atoms with E-state index in [4.69, 9.17) is 4.74 Å². The highest BCUT2D eigenvalue weighted by Gasteiger charge is 2.32. The number of aliphatic hydroxyl groups is 1. The fourth-order valence-electron chi connectivity index (χ4n) is 4.73. The number of anilines is 1. The van der Waals surface area contributed by atoms with Crippen molar-refractivity contribution in [1.29, 1.82) is 0 Å². The van der Waals surface area contributed by atoms with Gasteiger partial charge in [0, 0.05) is 0 Å². The van der Waals surface area contributed by atoms with Gasteiger partial charge in [-0.3, -0.25) is 4.72 Å². The number of fused-ring (bicyclic) bond motifs is 1. The zero-order valence-electron chi connectivity index (χ0n) is 25.0. The van der Waals surface area contributed by atoms with Crippen LogP contribution in [0, 0.1) is 0 Å². The number of hydrogen-bond acceptors (Lipinski definition) is 5. The molecule has 244 valence electrons. The summed E-state index contributed by atoms with van der Waals surface area (Å²) < 4.78 is 73.8. The predicted octanol–water partition coefficient (Wildman–Crippen LogP) is 8.92. The summed E-state index contributed by atoms with van der Waals surface area (Å²) in [4.78, 5) is 11.3. The van der Waals surface area contributed by atoms with Crippen LogP contribution in [0.4, 0.5) is 18.9 Å². The molecule has 6 rings (SSSR count). The molecule has 0 spiro atoms. The van der Waals surface area contributed by atoms with Crippen molar-refractivity contribution >= 4 is 32.5 Å². The zero-order chi connectivity index (χ0) is 34.3. The van der Waals surface area contributed by atoms with E-state index in [0.29, 0.717) is 17.5 Å². The van der Waals surface area contributed by atoms with Gasteiger partial charge in [-0.05, 0) is 64.4 Å². The first-order valence-corrected chi connectivity index (χ1v) is 15.9. The molecule has 0 radical (unpaired) electrons. The van der Waals surface area contributed by atoms with E-state index in [1.807, 2.05) is 60.7 Å². The van der Waals surface area contributed by atoms with Crippen molar-refractivity contribution in [2.75, 3.05) is 4.72 Å². The molecule has 0 aliphatic heterocycles. The fourth-order valence-corrected chi connectivity index (χ4v) is 5.82. The Labute approximate surface area is 274 Å². The van der Waals surface area contributed by atoms with Crippen molar-refractivity contribution in [3.05, 3.63) is 168 Å². The molecular formula is C37H28F3NO6S. The fraction of sp³-hybridized carbons (Fsp3) is 0.0541. The second-order valence-electron chi connectivity index (χ2n) is 10.5. The average molecular weight is 672 g/mol. The van der Waals surface area contributed by atoms with E-state index in [9.17, 15) is 36.6 Å². The number of rotatable bonds is 8. The Hall–Kier alpha value is -5.65. The highest BCUT2D eigenvalue weighted by Crippen LogP contribution is 2.38. The molecule has 6 aromatic carbocycles. The van der Waals surface area contributed by atoms with Crippen molar-refractivity contribution in [3.8, 4) is 11.5 Å². The lowest BCUT2D eigenvalue weighted by molar-refractivity contribution is -0.137. The van der Waals surface area contributed by atoms with Gasteiger partial charge >= 0.3 is 12.1 Å². The summed E-state index contributed by atoms with van der Waals surface area (Å²) in [6.07, 6.45) is -5.27. The van der Waals surface area contributed by atoms with Crippen LogP contribution in [0.1, 0.15) is 33.2 Å². The second kappa shape index (κ2) is 14.4. The molecule has 3 N–H and O–H groups in total. The SMILES string of the molecule is O=C(O)c1ccccc1Oc1ccc(C(F)(F)F)cc1NS(=O)(=O)c1ccc2ccccc2c1.OC(c1ccccc1)c1ccccc1. The molecule has 0 unspecified atom stereocenters. The number of benzene rings is 6. The summed E-state index contributed by atoms with van der Waals surface area (Å²) in [5, 5.41) is 20.8.